The Morgan fingerprint density at radius 2 is 0.630 bits per heavy atom. The van der Waals surface area contributed by atoms with Crippen LogP contribution in [0.2, 0.25) is 0 Å². The number of nitrogens with zero attached hydrogens (tertiary/aromatic N) is 4. The van der Waals surface area contributed by atoms with Crippen molar-refractivity contribution in [2.24, 2.45) is 0 Å². The summed E-state index contributed by atoms with van der Waals surface area (Å²) >= 11 is 0. The molecular formula is C92H54N8. The first kappa shape index (κ1) is 53.9. The summed E-state index contributed by atoms with van der Waals surface area (Å²) in [6.45, 7) is 0. The quantitative estimate of drug-likeness (QED) is 0.123. The smallest absolute Gasteiger partial charge is 0.0737 e. The number of aromatic amines is 4. The van der Waals surface area contributed by atoms with Gasteiger partial charge in [-0.15, -0.1) is 0 Å². The molecular weight excluding hydrogens is 1220 g/mol. The summed E-state index contributed by atoms with van der Waals surface area (Å²) in [6.07, 6.45) is 9.09. The third kappa shape index (κ3) is 8.41. The first-order valence-electron chi connectivity index (χ1n) is 34.3. The van der Waals surface area contributed by atoms with Crippen molar-refractivity contribution in [2.75, 3.05) is 0 Å². The van der Waals surface area contributed by atoms with E-state index in [2.05, 4.69) is 311 Å². The van der Waals surface area contributed by atoms with Crippen LogP contribution in [-0.4, -0.2) is 39.9 Å². The van der Waals surface area contributed by atoms with E-state index in [4.69, 9.17) is 19.9 Å². The lowest BCUT2D eigenvalue weighted by molar-refractivity contribution is 0.835. The summed E-state index contributed by atoms with van der Waals surface area (Å²) < 4.78 is 0. The van der Waals surface area contributed by atoms with E-state index in [1.807, 2.05) is 0 Å². The largest absolute Gasteiger partial charge is 0.355 e. The van der Waals surface area contributed by atoms with Gasteiger partial charge in [0.05, 0.1) is 45.6 Å². The fourth-order valence-corrected chi connectivity index (χ4v) is 16.9. The number of nitrogens with one attached hydrogen (secondary N) is 4. The topological polar surface area (TPSA) is 115 Å². The Hall–Kier alpha value is -13.3. The van der Waals surface area contributed by atoms with Gasteiger partial charge in [0.2, 0.25) is 0 Å². The molecule has 0 saturated heterocycles. The molecule has 8 heteroatoms. The molecule has 2 atom stereocenters. The number of benzene rings is 12. The monoisotopic (exact) mass is 1270 g/mol. The SMILES string of the molecule is C1=Cc2cc3cc(-c4ccc5cc6cc7c(cc6cc5c4)-c4cc5[nH]c(cc6nc(cc8[nH]c(cc-7n4)c4cc7cc9ccccc9cc7cc84)C4C=c7cc8ccccc8cc7=CC64)c4cc6cc7ccccc7cc6cc54)c(cc4nc(cc5ccc(cc1n2)[nH]5)-c1ccccc1-4)[nH]3. The average molecular weight is 1270 g/mol. The number of H-pyrrole nitrogens is 4. The number of hydrogen-bond donors (Lipinski definition) is 4. The zero-order valence-corrected chi connectivity index (χ0v) is 53.7. The molecule has 23 rings (SSSR count). The Morgan fingerprint density at radius 1 is 0.230 bits per heavy atom. The Bertz CT molecular complexity index is 7380. The van der Waals surface area contributed by atoms with Gasteiger partial charge in [0.1, 0.15) is 0 Å². The Morgan fingerprint density at radius 3 is 1.15 bits per heavy atom. The van der Waals surface area contributed by atoms with E-state index in [1.165, 1.54) is 64.3 Å². The molecule has 4 aliphatic heterocycles. The minimum absolute atomic E-state index is 0.00731. The van der Waals surface area contributed by atoms with Crippen LogP contribution in [0.5, 0.6) is 0 Å². The van der Waals surface area contributed by atoms with Gasteiger partial charge in [-0.2, -0.15) is 0 Å². The fraction of sp³-hybridized carbons (Fsp3) is 0.0217. The normalized spacial score (nSPS) is 14.5. The predicted octanol–water partition coefficient (Wildman–Crippen LogP) is 22.0. The van der Waals surface area contributed by atoms with Gasteiger partial charge < -0.3 is 19.9 Å². The van der Waals surface area contributed by atoms with Crippen LogP contribution in [0, 0.1) is 0 Å². The van der Waals surface area contributed by atoms with Crippen LogP contribution in [0.1, 0.15) is 34.6 Å². The van der Waals surface area contributed by atoms with Crippen molar-refractivity contribution in [3.63, 3.8) is 0 Å². The highest BCUT2D eigenvalue weighted by Gasteiger charge is 2.32. The lowest BCUT2D eigenvalue weighted by Gasteiger charge is -2.17. The highest BCUT2D eigenvalue weighted by Crippen LogP contribution is 2.46. The maximum atomic E-state index is 5.78. The van der Waals surface area contributed by atoms with E-state index in [9.17, 15) is 0 Å². The van der Waals surface area contributed by atoms with Crippen LogP contribution in [0.3, 0.4) is 0 Å². The third-order valence-electron chi connectivity index (χ3n) is 21.7. The van der Waals surface area contributed by atoms with Gasteiger partial charge in [-0.1, -0.05) is 121 Å². The lowest BCUT2D eigenvalue weighted by atomic mass is 9.84. The van der Waals surface area contributed by atoms with Gasteiger partial charge >= 0.3 is 0 Å². The van der Waals surface area contributed by atoms with E-state index < -0.39 is 0 Å². The minimum atomic E-state index is -0.0111. The molecule has 0 fully saturated rings. The summed E-state index contributed by atoms with van der Waals surface area (Å²) in [4.78, 5) is 37.4. The molecule has 6 aromatic heterocycles. The molecule has 5 aliphatic rings. The number of aromatic nitrogens is 8. The van der Waals surface area contributed by atoms with E-state index in [0.29, 0.717) is 0 Å². The van der Waals surface area contributed by atoms with Gasteiger partial charge in [0, 0.05) is 105 Å². The van der Waals surface area contributed by atoms with E-state index in [-0.39, 0.29) is 11.8 Å². The molecule has 18 aromatic rings. The molecule has 0 saturated carbocycles. The van der Waals surface area contributed by atoms with Gasteiger partial charge in [-0.3, -0.25) is 4.98 Å². The van der Waals surface area contributed by atoms with Crippen LogP contribution in [0.15, 0.2) is 267 Å². The first-order valence-corrected chi connectivity index (χ1v) is 34.3. The number of rotatable bonds is 1. The average Bonchev–Trinajstić information content (AvgIpc) is 1.53. The van der Waals surface area contributed by atoms with Crippen molar-refractivity contribution in [1.29, 1.82) is 0 Å². The van der Waals surface area contributed by atoms with Crippen LogP contribution in [-0.2, 0) is 0 Å². The van der Waals surface area contributed by atoms with Crippen LogP contribution in [0.4, 0.5) is 0 Å². The van der Waals surface area contributed by atoms with Crippen LogP contribution < -0.4 is 10.4 Å². The molecule has 462 valence electrons. The van der Waals surface area contributed by atoms with Crippen molar-refractivity contribution >= 4 is 165 Å². The maximum absolute atomic E-state index is 5.78. The molecule has 100 heavy (non-hydrogen) atoms. The Labute approximate surface area is 569 Å². The second kappa shape index (κ2) is 20.1. The molecule has 12 aromatic carbocycles. The Balaban J connectivity index is 0.766. The van der Waals surface area contributed by atoms with E-state index in [0.717, 1.165) is 166 Å². The van der Waals surface area contributed by atoms with Gasteiger partial charge in [0.15, 0.2) is 0 Å². The third-order valence-corrected chi connectivity index (χ3v) is 21.7. The number of hydrogen-bond acceptors (Lipinski definition) is 4. The summed E-state index contributed by atoms with van der Waals surface area (Å²) in [5.74, 6) is -0.0184. The zero-order chi connectivity index (χ0) is 65.0. The van der Waals surface area contributed by atoms with Crippen molar-refractivity contribution in [3.8, 4) is 56.2 Å². The minimum Gasteiger partial charge on any atom is -0.355 e. The van der Waals surface area contributed by atoms with E-state index in [1.54, 1.807) is 0 Å². The Kier molecular flexibility index (Phi) is 10.9. The molecule has 0 radical (unpaired) electrons. The van der Waals surface area contributed by atoms with Crippen LogP contribution in [0.25, 0.3) is 222 Å². The molecule has 0 amide bonds. The molecule has 2 unspecified atom stereocenters. The first-order chi connectivity index (χ1) is 49.3. The summed E-state index contributed by atoms with van der Waals surface area (Å²) in [5.41, 5.74) is 21.9. The van der Waals surface area contributed by atoms with Crippen LogP contribution >= 0.6 is 0 Å². The van der Waals surface area contributed by atoms with Crippen molar-refractivity contribution in [2.45, 2.75) is 11.8 Å². The molecule has 10 heterocycles. The molecule has 16 bridgehead atoms. The highest BCUT2D eigenvalue weighted by molar-refractivity contribution is 6.18. The second-order valence-corrected chi connectivity index (χ2v) is 27.8. The second-order valence-electron chi connectivity index (χ2n) is 27.8. The van der Waals surface area contributed by atoms with Crippen molar-refractivity contribution < 1.29 is 0 Å². The summed E-state index contributed by atoms with van der Waals surface area (Å²) in [6, 6.07) is 98.7. The number of fused-ring (bicyclic) bond motifs is 39. The molecule has 1 aliphatic carbocycles. The summed E-state index contributed by atoms with van der Waals surface area (Å²) in [5, 5.41) is 23.6. The van der Waals surface area contributed by atoms with Gasteiger partial charge in [-0.05, 0) is 261 Å². The lowest BCUT2D eigenvalue weighted by Crippen LogP contribution is -2.30. The van der Waals surface area contributed by atoms with E-state index >= 15 is 0 Å². The van der Waals surface area contributed by atoms with Crippen molar-refractivity contribution in [3.05, 3.63) is 300 Å². The molecule has 4 N–H and O–H groups in total. The van der Waals surface area contributed by atoms with Crippen molar-refractivity contribution in [1.82, 2.24) is 39.9 Å². The maximum Gasteiger partial charge on any atom is 0.0737 e. The standard InChI is InChI=1S/C92H54N8/c1-2-10-50-24-59-33-75-74(32-58(59)23-49(50)9-1)85-45-87-76-34-60-25-51-11-3-4-12-52(51)26-61(60)35-77(76)89(98-87)47-91-80-38-64-29-55-17-18-56(73-42-70-41-68-20-19-66(93-68)40-67-21-22-69(94-67)43-82-71-15-7-8-16-72(71)83(96-82)44-84(73)95-70)30-57(55)31-65(64)39-81(80)92(100-91)48-90-79-37-63-28-54-14-6-5-13-53(54)27-62(63)36-78(79)88(99-90)46-86(75)97-85/h1-48,74-75,94-95,98-99H. The molecule has 0 spiro atoms. The zero-order valence-electron chi connectivity index (χ0n) is 53.7. The highest BCUT2D eigenvalue weighted by atomic mass is 14.8. The fourth-order valence-electron chi connectivity index (χ4n) is 16.9. The van der Waals surface area contributed by atoms with Gasteiger partial charge in [-0.25, -0.2) is 15.0 Å². The summed E-state index contributed by atoms with van der Waals surface area (Å²) in [7, 11) is 0. The predicted molar refractivity (Wildman–Crippen MR) is 416 cm³/mol. The van der Waals surface area contributed by atoms with Gasteiger partial charge in [0.25, 0.3) is 0 Å². The molecule has 8 nitrogen and oxygen atoms in total.